The summed E-state index contributed by atoms with van der Waals surface area (Å²) in [5.74, 6) is -0.577. The highest BCUT2D eigenvalue weighted by molar-refractivity contribution is 7.90. The molecule has 10 heteroatoms. The van der Waals surface area contributed by atoms with Crippen molar-refractivity contribution in [1.29, 1.82) is 0 Å². The molecule has 0 fully saturated rings. The van der Waals surface area contributed by atoms with Crippen LogP contribution in [0.3, 0.4) is 0 Å². The number of nitrogens with one attached hydrogen (secondary N) is 1. The summed E-state index contributed by atoms with van der Waals surface area (Å²) in [5.41, 5.74) is 0.000471. The Morgan fingerprint density at radius 2 is 1.65 bits per heavy atom. The first-order valence-corrected chi connectivity index (χ1v) is 12.3. The molecule has 0 aliphatic carbocycles. The first-order chi connectivity index (χ1) is 15.7. The lowest BCUT2D eigenvalue weighted by Gasteiger charge is -2.22. The maximum absolute atomic E-state index is 13.7. The van der Waals surface area contributed by atoms with E-state index in [0.29, 0.717) is 11.3 Å². The Balaban J connectivity index is 2.10. The molecule has 2 N–H and O–H groups in total. The van der Waals surface area contributed by atoms with Crippen LogP contribution in [0.15, 0.2) is 59.6 Å². The van der Waals surface area contributed by atoms with Gasteiger partial charge in [0, 0.05) is 23.7 Å². The number of halogens is 3. The molecule has 0 bridgehead atoms. The van der Waals surface area contributed by atoms with Gasteiger partial charge in [-0.25, -0.2) is 8.42 Å². The molecule has 0 saturated heterocycles. The average Bonchev–Trinajstić information content (AvgIpc) is 3.09. The molecule has 34 heavy (non-hydrogen) atoms. The van der Waals surface area contributed by atoms with Gasteiger partial charge in [-0.3, -0.25) is 4.79 Å². The molecule has 6 nitrogen and oxygen atoms in total. The van der Waals surface area contributed by atoms with Crippen LogP contribution in [0.2, 0.25) is 0 Å². The van der Waals surface area contributed by atoms with Gasteiger partial charge in [-0.1, -0.05) is 18.2 Å². The molecule has 1 aromatic heterocycles. The molecule has 0 aliphatic heterocycles. The second-order valence-corrected chi connectivity index (χ2v) is 10.2. The van der Waals surface area contributed by atoms with Gasteiger partial charge >= 0.3 is 6.18 Å². The van der Waals surface area contributed by atoms with E-state index >= 15 is 0 Å². The Morgan fingerprint density at radius 1 is 1.06 bits per heavy atom. The van der Waals surface area contributed by atoms with E-state index in [-0.39, 0.29) is 21.7 Å². The molecule has 0 aliphatic rings. The predicted molar refractivity (Wildman–Crippen MR) is 124 cm³/mol. The third kappa shape index (κ3) is 5.18. The summed E-state index contributed by atoms with van der Waals surface area (Å²) in [4.78, 5) is 13.1. The van der Waals surface area contributed by atoms with Gasteiger partial charge < -0.3 is 15.0 Å². The molecule has 3 rings (SSSR count). The molecule has 182 valence electrons. The minimum absolute atomic E-state index is 0.0876. The van der Waals surface area contributed by atoms with Gasteiger partial charge in [0.1, 0.15) is 0 Å². The van der Waals surface area contributed by atoms with Crippen LogP contribution < -0.4 is 5.32 Å². The predicted octanol–water partition coefficient (Wildman–Crippen LogP) is 5.08. The van der Waals surface area contributed by atoms with Crippen LogP contribution in [-0.4, -0.2) is 36.4 Å². The Bertz CT molecular complexity index is 1310. The number of aromatic nitrogens is 1. The van der Waals surface area contributed by atoms with Crippen LogP contribution in [0, 0.1) is 6.92 Å². The van der Waals surface area contributed by atoms with Crippen LogP contribution in [0.5, 0.6) is 0 Å². The second kappa shape index (κ2) is 9.27. The highest BCUT2D eigenvalue weighted by atomic mass is 32.2. The van der Waals surface area contributed by atoms with E-state index in [1.165, 1.54) is 60.2 Å². The van der Waals surface area contributed by atoms with Crippen LogP contribution >= 0.6 is 0 Å². The molecule has 3 aromatic rings. The van der Waals surface area contributed by atoms with Crippen molar-refractivity contribution in [1.82, 2.24) is 4.57 Å². The van der Waals surface area contributed by atoms with E-state index in [2.05, 4.69) is 5.32 Å². The summed E-state index contributed by atoms with van der Waals surface area (Å²) in [6.45, 7) is 4.72. The number of hydrogen-bond acceptors (Lipinski definition) is 4. The van der Waals surface area contributed by atoms with Crippen molar-refractivity contribution in [3.05, 3.63) is 71.4 Å². The minimum atomic E-state index is -4.62. The van der Waals surface area contributed by atoms with E-state index in [1.807, 2.05) is 0 Å². The number of aliphatic hydroxyl groups excluding tert-OH is 1. The third-order valence-corrected chi connectivity index (χ3v) is 6.82. The lowest BCUT2D eigenvalue weighted by molar-refractivity contribution is -0.137. The number of benzene rings is 2. The average molecular weight is 495 g/mol. The molecule has 1 amide bonds. The van der Waals surface area contributed by atoms with Crippen molar-refractivity contribution >= 4 is 21.4 Å². The topological polar surface area (TPSA) is 88.4 Å². The number of alkyl halides is 3. The van der Waals surface area contributed by atoms with Gasteiger partial charge in [0.15, 0.2) is 9.84 Å². The smallest absolute Gasteiger partial charge is 0.391 e. The zero-order valence-corrected chi connectivity index (χ0v) is 19.8. The number of carbonyl (C=O) groups excluding carboxylic acids is 1. The maximum atomic E-state index is 13.7. The molecule has 2 atom stereocenters. The van der Waals surface area contributed by atoms with E-state index in [1.54, 1.807) is 13.8 Å². The Morgan fingerprint density at radius 3 is 2.18 bits per heavy atom. The number of amides is 1. The molecule has 2 aromatic carbocycles. The first kappa shape index (κ1) is 25.5. The summed E-state index contributed by atoms with van der Waals surface area (Å²) in [5, 5.41) is 12.8. The molecule has 2 unspecified atom stereocenters. The van der Waals surface area contributed by atoms with Crippen molar-refractivity contribution in [3.63, 3.8) is 0 Å². The largest absolute Gasteiger partial charge is 0.417 e. The van der Waals surface area contributed by atoms with E-state index in [9.17, 15) is 31.5 Å². The number of hydrogen-bond donors (Lipinski definition) is 2. The molecule has 0 radical (unpaired) electrons. The van der Waals surface area contributed by atoms with Crippen LogP contribution in [0.25, 0.3) is 11.3 Å². The summed E-state index contributed by atoms with van der Waals surface area (Å²) >= 11 is 0. The SMILES string of the molecule is Cc1c(C(=O)Nc2ccc(S(C)(=O)=O)cc2)cn(C(C)C(C)O)c1-c1ccccc1C(F)(F)F. The monoisotopic (exact) mass is 494 g/mol. The van der Waals surface area contributed by atoms with E-state index in [4.69, 9.17) is 0 Å². The van der Waals surface area contributed by atoms with Gasteiger partial charge in [-0.2, -0.15) is 13.2 Å². The fraction of sp³-hybridized carbons (Fsp3) is 0.292. The standard InChI is InChI=1S/C24H25F3N2O4S/c1-14-20(23(31)28-17-9-11-18(12-10-17)34(4,32)33)13-29(15(2)16(3)30)22(14)19-7-5-6-8-21(19)24(25,26)27/h5-13,15-16,30H,1-4H3,(H,28,31). The van der Waals surface area contributed by atoms with E-state index < -0.39 is 39.6 Å². The fourth-order valence-electron chi connectivity index (χ4n) is 3.67. The maximum Gasteiger partial charge on any atom is 0.417 e. The van der Waals surface area contributed by atoms with Crippen molar-refractivity contribution in [2.45, 2.75) is 44.0 Å². The van der Waals surface area contributed by atoms with Crippen LogP contribution in [-0.2, 0) is 16.0 Å². The van der Waals surface area contributed by atoms with Gasteiger partial charge in [0.2, 0.25) is 0 Å². The number of rotatable bonds is 6. The highest BCUT2D eigenvalue weighted by Crippen LogP contribution is 2.40. The zero-order valence-electron chi connectivity index (χ0n) is 19.0. The van der Waals surface area contributed by atoms with Gasteiger partial charge in [-0.15, -0.1) is 0 Å². The Hall–Kier alpha value is -3.11. The first-order valence-electron chi connectivity index (χ1n) is 10.4. The lowest BCUT2D eigenvalue weighted by Crippen LogP contribution is -2.19. The molecule has 1 heterocycles. The summed E-state index contributed by atoms with van der Waals surface area (Å²) in [6, 6.07) is 10.0. The number of carbonyl (C=O) groups is 1. The van der Waals surface area contributed by atoms with Crippen molar-refractivity contribution < 1.29 is 31.5 Å². The lowest BCUT2D eigenvalue weighted by atomic mass is 9.99. The van der Waals surface area contributed by atoms with Gasteiger partial charge in [-0.05, 0) is 56.7 Å². The number of aliphatic hydroxyl groups is 1. The normalized spacial score (nSPS) is 14.0. The summed E-state index contributed by atoms with van der Waals surface area (Å²) in [6.07, 6.45) is -3.02. The quantitative estimate of drug-likeness (QED) is 0.500. The number of anilines is 1. The van der Waals surface area contributed by atoms with Gasteiger partial charge in [0.05, 0.1) is 33.9 Å². The highest BCUT2D eigenvalue weighted by Gasteiger charge is 2.35. The number of sulfone groups is 1. The molecular formula is C24H25F3N2O4S. The number of nitrogens with zero attached hydrogens (tertiary/aromatic N) is 1. The Kier molecular flexibility index (Phi) is 6.95. The Labute approximate surface area is 196 Å². The molecule has 0 saturated carbocycles. The minimum Gasteiger partial charge on any atom is -0.391 e. The molecular weight excluding hydrogens is 469 g/mol. The van der Waals surface area contributed by atoms with E-state index in [0.717, 1.165) is 12.3 Å². The fourth-order valence-corrected chi connectivity index (χ4v) is 4.30. The van der Waals surface area contributed by atoms with Crippen LogP contribution in [0.4, 0.5) is 18.9 Å². The third-order valence-electron chi connectivity index (χ3n) is 5.70. The van der Waals surface area contributed by atoms with Gasteiger partial charge in [0.25, 0.3) is 5.91 Å². The van der Waals surface area contributed by atoms with Crippen molar-refractivity contribution in [3.8, 4) is 11.3 Å². The second-order valence-electron chi connectivity index (χ2n) is 8.20. The zero-order chi connectivity index (χ0) is 25.4. The van der Waals surface area contributed by atoms with Crippen molar-refractivity contribution in [2.75, 3.05) is 11.6 Å². The van der Waals surface area contributed by atoms with Crippen LogP contribution in [0.1, 0.15) is 41.4 Å². The summed E-state index contributed by atoms with van der Waals surface area (Å²) < 4.78 is 66.0. The van der Waals surface area contributed by atoms with Crippen molar-refractivity contribution in [2.24, 2.45) is 0 Å². The summed E-state index contributed by atoms with van der Waals surface area (Å²) in [7, 11) is -3.41. The molecule has 0 spiro atoms.